The normalized spacial score (nSPS) is 10.1. The lowest BCUT2D eigenvalue weighted by Crippen LogP contribution is -2.00. The van der Waals surface area contributed by atoms with Crippen LogP contribution in [0.2, 0.25) is 5.15 Å². The molecule has 1 N–H and O–H groups in total. The van der Waals surface area contributed by atoms with E-state index in [1.165, 1.54) is 12.3 Å². The fraction of sp³-hybridized carbons (Fsp3) is 0. The first-order chi connectivity index (χ1) is 7.68. The smallest absolute Gasteiger partial charge is 0.336 e. The highest BCUT2D eigenvalue weighted by Gasteiger charge is 2.12. The Morgan fingerprint density at radius 1 is 1.38 bits per heavy atom. The van der Waals surface area contributed by atoms with Crippen molar-refractivity contribution in [2.24, 2.45) is 0 Å². The van der Waals surface area contributed by atoms with E-state index in [1.54, 1.807) is 24.5 Å². The number of aromatic nitrogens is 2. The molecule has 0 aliphatic carbocycles. The summed E-state index contributed by atoms with van der Waals surface area (Å²) in [6.45, 7) is 0. The van der Waals surface area contributed by atoms with E-state index < -0.39 is 5.97 Å². The van der Waals surface area contributed by atoms with Gasteiger partial charge in [-0.2, -0.15) is 0 Å². The summed E-state index contributed by atoms with van der Waals surface area (Å²) >= 11 is 5.66. The number of nitrogens with zero attached hydrogens (tertiary/aromatic N) is 2. The average Bonchev–Trinajstić information content (AvgIpc) is 2.30. The molecule has 0 aliphatic heterocycles. The van der Waals surface area contributed by atoms with Gasteiger partial charge in [0, 0.05) is 29.7 Å². The highest BCUT2D eigenvalue weighted by molar-refractivity contribution is 6.29. The van der Waals surface area contributed by atoms with Crippen LogP contribution >= 0.6 is 11.6 Å². The molecule has 0 atom stereocenters. The van der Waals surface area contributed by atoms with Gasteiger partial charge in [-0.25, -0.2) is 9.78 Å². The molecule has 16 heavy (non-hydrogen) atoms. The fourth-order valence-corrected chi connectivity index (χ4v) is 1.52. The lowest BCUT2D eigenvalue weighted by Gasteiger charge is -2.05. The molecule has 2 aromatic rings. The molecular formula is C11H7ClN2O2. The molecule has 0 amide bonds. The predicted octanol–water partition coefficient (Wildman–Crippen LogP) is 2.50. The molecule has 0 saturated carbocycles. The SMILES string of the molecule is O=C(O)c1cc(Cl)ncc1-c1cccnc1. The average molecular weight is 235 g/mol. The highest BCUT2D eigenvalue weighted by Crippen LogP contribution is 2.23. The Morgan fingerprint density at radius 3 is 2.81 bits per heavy atom. The minimum Gasteiger partial charge on any atom is -0.478 e. The third-order valence-corrected chi connectivity index (χ3v) is 2.28. The van der Waals surface area contributed by atoms with Crippen molar-refractivity contribution in [2.75, 3.05) is 0 Å². The third-order valence-electron chi connectivity index (χ3n) is 2.07. The van der Waals surface area contributed by atoms with Crippen molar-refractivity contribution in [3.8, 4) is 11.1 Å². The van der Waals surface area contributed by atoms with E-state index in [4.69, 9.17) is 16.7 Å². The van der Waals surface area contributed by atoms with Gasteiger partial charge in [0.15, 0.2) is 0 Å². The minimum atomic E-state index is -1.04. The molecule has 5 heteroatoms. The minimum absolute atomic E-state index is 0.119. The van der Waals surface area contributed by atoms with Crippen molar-refractivity contribution in [3.05, 3.63) is 47.5 Å². The Balaban J connectivity index is 2.61. The van der Waals surface area contributed by atoms with Gasteiger partial charge in [-0.3, -0.25) is 4.98 Å². The largest absolute Gasteiger partial charge is 0.478 e. The number of hydrogen-bond acceptors (Lipinski definition) is 3. The first-order valence-corrected chi connectivity index (χ1v) is 4.85. The zero-order valence-electron chi connectivity index (χ0n) is 8.09. The van der Waals surface area contributed by atoms with Crippen molar-refractivity contribution < 1.29 is 9.90 Å². The fourth-order valence-electron chi connectivity index (χ4n) is 1.36. The maximum absolute atomic E-state index is 11.0. The molecule has 0 aliphatic rings. The topological polar surface area (TPSA) is 63.1 Å². The van der Waals surface area contributed by atoms with Crippen LogP contribution in [-0.2, 0) is 0 Å². The molecule has 0 aromatic carbocycles. The molecule has 0 radical (unpaired) electrons. The van der Waals surface area contributed by atoms with Crippen LogP contribution < -0.4 is 0 Å². The van der Waals surface area contributed by atoms with Gasteiger partial charge < -0.3 is 5.11 Å². The molecule has 0 bridgehead atoms. The van der Waals surface area contributed by atoms with Gasteiger partial charge >= 0.3 is 5.97 Å². The summed E-state index contributed by atoms with van der Waals surface area (Å²) in [5, 5.41) is 9.20. The van der Waals surface area contributed by atoms with Gasteiger partial charge in [-0.05, 0) is 12.1 Å². The van der Waals surface area contributed by atoms with E-state index in [2.05, 4.69) is 9.97 Å². The van der Waals surface area contributed by atoms with Gasteiger partial charge in [0.2, 0.25) is 0 Å². The second-order valence-corrected chi connectivity index (χ2v) is 3.49. The molecule has 0 fully saturated rings. The zero-order valence-corrected chi connectivity index (χ0v) is 8.85. The van der Waals surface area contributed by atoms with Crippen LogP contribution in [0, 0.1) is 0 Å². The van der Waals surface area contributed by atoms with Crippen molar-refractivity contribution >= 4 is 17.6 Å². The maximum atomic E-state index is 11.0. The summed E-state index contributed by atoms with van der Waals surface area (Å²) < 4.78 is 0. The second kappa shape index (κ2) is 4.28. The van der Waals surface area contributed by atoms with Crippen LogP contribution in [0.25, 0.3) is 11.1 Å². The molecule has 0 unspecified atom stereocenters. The van der Waals surface area contributed by atoms with Crippen molar-refractivity contribution in [2.45, 2.75) is 0 Å². The van der Waals surface area contributed by atoms with Gasteiger partial charge in [0.25, 0.3) is 0 Å². The number of hydrogen-bond donors (Lipinski definition) is 1. The van der Waals surface area contributed by atoms with Crippen LogP contribution in [0.5, 0.6) is 0 Å². The number of carboxylic acids is 1. The highest BCUT2D eigenvalue weighted by atomic mass is 35.5. The van der Waals surface area contributed by atoms with Crippen molar-refractivity contribution in [1.82, 2.24) is 9.97 Å². The Labute approximate surface area is 96.6 Å². The molecule has 0 saturated heterocycles. The number of rotatable bonds is 2. The Hall–Kier alpha value is -1.94. The summed E-state index contributed by atoms with van der Waals surface area (Å²) in [7, 11) is 0. The standard InChI is InChI=1S/C11H7ClN2O2/c12-10-4-8(11(15)16)9(6-14-10)7-2-1-3-13-5-7/h1-6H,(H,15,16). The number of aromatic carboxylic acids is 1. The summed E-state index contributed by atoms with van der Waals surface area (Å²) in [6, 6.07) is 4.83. The third kappa shape index (κ3) is 2.01. The van der Waals surface area contributed by atoms with E-state index in [0.717, 1.165) is 0 Å². The van der Waals surface area contributed by atoms with E-state index in [9.17, 15) is 4.79 Å². The van der Waals surface area contributed by atoms with Crippen LogP contribution in [0.1, 0.15) is 10.4 Å². The van der Waals surface area contributed by atoms with E-state index in [0.29, 0.717) is 11.1 Å². The first kappa shape index (κ1) is 10.6. The Morgan fingerprint density at radius 2 is 2.19 bits per heavy atom. The van der Waals surface area contributed by atoms with Gasteiger partial charge in [0.05, 0.1) is 5.56 Å². The molecule has 80 valence electrons. The lowest BCUT2D eigenvalue weighted by atomic mass is 10.0. The van der Waals surface area contributed by atoms with Gasteiger partial charge in [0.1, 0.15) is 5.15 Å². The van der Waals surface area contributed by atoms with Crippen LogP contribution in [-0.4, -0.2) is 21.0 Å². The summed E-state index contributed by atoms with van der Waals surface area (Å²) in [5.74, 6) is -1.04. The number of pyridine rings is 2. The molecule has 2 rings (SSSR count). The van der Waals surface area contributed by atoms with E-state index in [1.807, 2.05) is 0 Å². The summed E-state index contributed by atoms with van der Waals surface area (Å²) in [5.41, 5.74) is 1.32. The lowest BCUT2D eigenvalue weighted by molar-refractivity contribution is 0.0697. The molecule has 2 aromatic heterocycles. The predicted molar refractivity (Wildman–Crippen MR) is 59.4 cm³/mol. The van der Waals surface area contributed by atoms with Gasteiger partial charge in [-0.1, -0.05) is 17.7 Å². The van der Waals surface area contributed by atoms with Crippen molar-refractivity contribution in [1.29, 1.82) is 0 Å². The summed E-state index contributed by atoms with van der Waals surface area (Å²) in [6.07, 6.45) is 4.63. The number of carbonyl (C=O) groups is 1. The molecule has 2 heterocycles. The maximum Gasteiger partial charge on any atom is 0.336 e. The van der Waals surface area contributed by atoms with Gasteiger partial charge in [-0.15, -0.1) is 0 Å². The molecular weight excluding hydrogens is 228 g/mol. The van der Waals surface area contributed by atoms with E-state index >= 15 is 0 Å². The van der Waals surface area contributed by atoms with Crippen LogP contribution in [0.3, 0.4) is 0 Å². The van der Waals surface area contributed by atoms with Crippen molar-refractivity contribution in [3.63, 3.8) is 0 Å². The molecule has 0 spiro atoms. The zero-order chi connectivity index (χ0) is 11.5. The van der Waals surface area contributed by atoms with E-state index in [-0.39, 0.29) is 10.7 Å². The molecule has 4 nitrogen and oxygen atoms in total. The number of carboxylic acid groups (broad SMARTS) is 1. The first-order valence-electron chi connectivity index (χ1n) is 4.47. The van der Waals surface area contributed by atoms with Crippen LogP contribution in [0.15, 0.2) is 36.8 Å². The monoisotopic (exact) mass is 234 g/mol. The number of halogens is 1. The Kier molecular flexibility index (Phi) is 2.83. The van der Waals surface area contributed by atoms with Crippen LogP contribution in [0.4, 0.5) is 0 Å². The Bertz CT molecular complexity index is 529. The summed E-state index contributed by atoms with van der Waals surface area (Å²) in [4.78, 5) is 18.8. The quantitative estimate of drug-likeness (QED) is 0.811. The second-order valence-electron chi connectivity index (χ2n) is 3.10.